The Kier molecular flexibility index (Phi) is 4.21. The number of rotatable bonds is 3. The monoisotopic (exact) mass is 341 g/mol. The van der Waals surface area contributed by atoms with Gasteiger partial charge in [0.25, 0.3) is 5.91 Å². The van der Waals surface area contributed by atoms with E-state index in [1.165, 1.54) is 0 Å². The molecular weight excluding hydrogens is 318 g/mol. The fraction of sp³-hybridized carbons (Fsp3) is 0.474. The average molecular weight is 341 g/mol. The van der Waals surface area contributed by atoms with E-state index in [4.69, 9.17) is 9.47 Å². The molecule has 2 atom stereocenters. The molecule has 1 spiro atoms. The maximum absolute atomic E-state index is 12.8. The highest BCUT2D eigenvalue weighted by molar-refractivity contribution is 5.92. The first-order valence-electron chi connectivity index (χ1n) is 8.78. The van der Waals surface area contributed by atoms with E-state index in [1.807, 2.05) is 35.2 Å². The minimum Gasteiger partial charge on any atom is -0.488 e. The van der Waals surface area contributed by atoms with Crippen molar-refractivity contribution in [3.63, 3.8) is 0 Å². The Hall–Kier alpha value is -2.34. The molecule has 1 aromatic carbocycles. The number of hydrogen-bond donors (Lipinski definition) is 0. The molecule has 0 unspecified atom stereocenters. The number of aromatic nitrogens is 2. The fourth-order valence-electron chi connectivity index (χ4n) is 3.87. The summed E-state index contributed by atoms with van der Waals surface area (Å²) in [5.74, 6) is 0.891. The Morgan fingerprint density at radius 2 is 2.16 bits per heavy atom. The van der Waals surface area contributed by atoms with Crippen LogP contribution < -0.4 is 4.74 Å². The Bertz CT molecular complexity index is 745. The summed E-state index contributed by atoms with van der Waals surface area (Å²) < 4.78 is 13.8. The summed E-state index contributed by atoms with van der Waals surface area (Å²) in [6, 6.07) is 11.6. The van der Waals surface area contributed by atoms with Crippen molar-refractivity contribution >= 4 is 5.91 Å². The molecule has 1 aromatic heterocycles. The normalized spacial score (nSPS) is 26.1. The molecule has 3 heterocycles. The van der Waals surface area contributed by atoms with Gasteiger partial charge < -0.3 is 14.4 Å². The SMILES string of the molecule is Cn1nccc1C(=O)N1CCC[C@@]2(C[C@@H](Oc3ccccc3)CO2)C1. The predicted octanol–water partition coefficient (Wildman–Crippen LogP) is 2.26. The summed E-state index contributed by atoms with van der Waals surface area (Å²) in [7, 11) is 1.79. The maximum atomic E-state index is 12.8. The van der Waals surface area contributed by atoms with Crippen molar-refractivity contribution in [2.45, 2.75) is 31.0 Å². The Balaban J connectivity index is 1.42. The number of benzene rings is 1. The molecule has 2 aliphatic heterocycles. The van der Waals surface area contributed by atoms with Crippen LogP contribution in [0.1, 0.15) is 29.8 Å². The molecule has 25 heavy (non-hydrogen) atoms. The minimum absolute atomic E-state index is 0.0232. The van der Waals surface area contributed by atoms with Crippen molar-refractivity contribution in [2.75, 3.05) is 19.7 Å². The van der Waals surface area contributed by atoms with Gasteiger partial charge in [0, 0.05) is 26.2 Å². The van der Waals surface area contributed by atoms with Gasteiger partial charge in [0.05, 0.1) is 18.8 Å². The third kappa shape index (κ3) is 3.26. The highest BCUT2D eigenvalue weighted by Crippen LogP contribution is 2.36. The van der Waals surface area contributed by atoms with Crippen LogP contribution in [0.5, 0.6) is 5.75 Å². The van der Waals surface area contributed by atoms with Gasteiger partial charge in [-0.1, -0.05) is 18.2 Å². The van der Waals surface area contributed by atoms with E-state index in [1.54, 1.807) is 24.0 Å². The molecule has 0 saturated carbocycles. The van der Waals surface area contributed by atoms with Crippen LogP contribution in [0.15, 0.2) is 42.6 Å². The molecule has 0 bridgehead atoms. The summed E-state index contributed by atoms with van der Waals surface area (Å²) in [5.41, 5.74) is 0.332. The third-order valence-electron chi connectivity index (χ3n) is 5.09. The van der Waals surface area contributed by atoms with Crippen LogP contribution >= 0.6 is 0 Å². The van der Waals surface area contributed by atoms with Crippen molar-refractivity contribution in [1.29, 1.82) is 0 Å². The Morgan fingerprint density at radius 1 is 1.32 bits per heavy atom. The zero-order valence-corrected chi connectivity index (χ0v) is 14.4. The molecule has 4 rings (SSSR count). The second-order valence-electron chi connectivity index (χ2n) is 6.92. The minimum atomic E-state index is -0.286. The predicted molar refractivity (Wildman–Crippen MR) is 92.5 cm³/mol. The highest BCUT2D eigenvalue weighted by Gasteiger charge is 2.45. The smallest absolute Gasteiger partial charge is 0.272 e. The van der Waals surface area contributed by atoms with E-state index in [2.05, 4.69) is 5.10 Å². The van der Waals surface area contributed by atoms with Gasteiger partial charge in [-0.15, -0.1) is 0 Å². The molecule has 1 amide bonds. The molecule has 2 fully saturated rings. The first-order valence-corrected chi connectivity index (χ1v) is 8.78. The number of para-hydroxylation sites is 1. The summed E-state index contributed by atoms with van der Waals surface area (Å²) in [6.07, 6.45) is 4.42. The van der Waals surface area contributed by atoms with Gasteiger partial charge in [0.15, 0.2) is 0 Å². The fourth-order valence-corrected chi connectivity index (χ4v) is 3.87. The number of likely N-dealkylation sites (tertiary alicyclic amines) is 1. The molecule has 2 aliphatic rings. The zero-order chi connectivity index (χ0) is 17.3. The van der Waals surface area contributed by atoms with E-state index in [0.29, 0.717) is 18.8 Å². The van der Waals surface area contributed by atoms with Crippen LogP contribution in [0.2, 0.25) is 0 Å². The Labute approximate surface area is 147 Å². The summed E-state index contributed by atoms with van der Waals surface area (Å²) in [6.45, 7) is 1.95. The van der Waals surface area contributed by atoms with E-state index in [9.17, 15) is 4.79 Å². The highest BCUT2D eigenvalue weighted by atomic mass is 16.6. The number of nitrogens with zero attached hydrogens (tertiary/aromatic N) is 3. The average Bonchev–Trinajstić information content (AvgIpc) is 3.22. The summed E-state index contributed by atoms with van der Waals surface area (Å²) in [4.78, 5) is 14.7. The van der Waals surface area contributed by atoms with Crippen LogP contribution in [-0.2, 0) is 11.8 Å². The number of carbonyl (C=O) groups excluding carboxylic acids is 1. The number of ether oxygens (including phenoxy) is 2. The largest absolute Gasteiger partial charge is 0.488 e. The van der Waals surface area contributed by atoms with Gasteiger partial charge in [0.2, 0.25) is 0 Å². The van der Waals surface area contributed by atoms with E-state index in [0.717, 1.165) is 31.6 Å². The lowest BCUT2D eigenvalue weighted by atomic mass is 9.89. The van der Waals surface area contributed by atoms with Crippen LogP contribution in [0.25, 0.3) is 0 Å². The lowest BCUT2D eigenvalue weighted by Crippen LogP contribution is -2.50. The molecule has 0 N–H and O–H groups in total. The van der Waals surface area contributed by atoms with Crippen LogP contribution in [-0.4, -0.2) is 52.0 Å². The number of hydrogen-bond acceptors (Lipinski definition) is 4. The van der Waals surface area contributed by atoms with Gasteiger partial charge >= 0.3 is 0 Å². The van der Waals surface area contributed by atoms with Crippen molar-refractivity contribution in [3.8, 4) is 5.75 Å². The topological polar surface area (TPSA) is 56.6 Å². The number of aryl methyl sites for hydroxylation is 1. The summed E-state index contributed by atoms with van der Waals surface area (Å²) in [5, 5.41) is 4.10. The molecule has 6 heteroatoms. The lowest BCUT2D eigenvalue weighted by molar-refractivity contribution is -0.0455. The first kappa shape index (κ1) is 16.1. The molecule has 6 nitrogen and oxygen atoms in total. The van der Waals surface area contributed by atoms with Crippen molar-refractivity contribution in [1.82, 2.24) is 14.7 Å². The molecule has 0 radical (unpaired) electrons. The molecular formula is C19H23N3O3. The first-order chi connectivity index (χ1) is 12.2. The third-order valence-corrected chi connectivity index (χ3v) is 5.09. The maximum Gasteiger partial charge on any atom is 0.272 e. The zero-order valence-electron chi connectivity index (χ0n) is 14.4. The van der Waals surface area contributed by atoms with Crippen molar-refractivity contribution in [3.05, 3.63) is 48.3 Å². The van der Waals surface area contributed by atoms with E-state index in [-0.39, 0.29) is 17.6 Å². The quantitative estimate of drug-likeness (QED) is 0.859. The second-order valence-corrected chi connectivity index (χ2v) is 6.92. The molecule has 2 aromatic rings. The van der Waals surface area contributed by atoms with Crippen LogP contribution in [0.3, 0.4) is 0 Å². The van der Waals surface area contributed by atoms with Crippen molar-refractivity contribution < 1.29 is 14.3 Å². The van der Waals surface area contributed by atoms with Crippen molar-refractivity contribution in [2.24, 2.45) is 7.05 Å². The molecule has 2 saturated heterocycles. The van der Waals surface area contributed by atoms with Gasteiger partial charge in [-0.2, -0.15) is 5.10 Å². The summed E-state index contributed by atoms with van der Waals surface area (Å²) >= 11 is 0. The van der Waals surface area contributed by atoms with E-state index < -0.39 is 0 Å². The van der Waals surface area contributed by atoms with Gasteiger partial charge in [-0.25, -0.2) is 0 Å². The lowest BCUT2D eigenvalue weighted by Gasteiger charge is -2.39. The number of piperidine rings is 1. The van der Waals surface area contributed by atoms with Gasteiger partial charge in [-0.3, -0.25) is 9.48 Å². The Morgan fingerprint density at radius 3 is 2.92 bits per heavy atom. The van der Waals surface area contributed by atoms with Crippen LogP contribution in [0, 0.1) is 0 Å². The number of amides is 1. The standard InChI is InChI=1S/C19H23N3O3/c1-21-17(8-10-20-21)18(23)22-11-5-9-19(14-22)12-16(13-24-19)25-15-6-3-2-4-7-15/h2-4,6-8,10,16H,5,9,11-14H2,1H3/t16-,19-/m1/s1. The number of carbonyl (C=O) groups is 1. The molecule has 132 valence electrons. The van der Waals surface area contributed by atoms with Gasteiger partial charge in [0.1, 0.15) is 17.5 Å². The second kappa shape index (κ2) is 6.52. The van der Waals surface area contributed by atoms with Gasteiger partial charge in [-0.05, 0) is 31.0 Å². The van der Waals surface area contributed by atoms with Crippen LogP contribution in [0.4, 0.5) is 0 Å². The molecule has 0 aliphatic carbocycles. The van der Waals surface area contributed by atoms with E-state index >= 15 is 0 Å².